The summed E-state index contributed by atoms with van der Waals surface area (Å²) in [4.78, 5) is 23.8. The first-order valence-corrected chi connectivity index (χ1v) is 5.74. The Hall–Kier alpha value is -2.36. The van der Waals surface area contributed by atoms with E-state index >= 15 is 0 Å². The summed E-state index contributed by atoms with van der Waals surface area (Å²) in [6.45, 7) is 0.845. The second kappa shape index (κ2) is 4.14. The van der Waals surface area contributed by atoms with E-state index in [1.807, 2.05) is 18.2 Å². The highest BCUT2D eigenvalue weighted by Gasteiger charge is 2.24. The molecule has 4 heteroatoms. The quantitative estimate of drug-likeness (QED) is 0.596. The lowest BCUT2D eigenvalue weighted by Gasteiger charge is -2.17. The second-order valence-electron chi connectivity index (χ2n) is 4.09. The van der Waals surface area contributed by atoms with Crippen molar-refractivity contribution in [2.24, 2.45) is 0 Å². The van der Waals surface area contributed by atoms with Crippen molar-refractivity contribution in [3.05, 3.63) is 59.4 Å². The number of ketones is 1. The third-order valence-electron chi connectivity index (χ3n) is 3.01. The first-order valence-electron chi connectivity index (χ1n) is 5.74. The van der Waals surface area contributed by atoms with Crippen LogP contribution in [0.3, 0.4) is 0 Å². The summed E-state index contributed by atoms with van der Waals surface area (Å²) >= 11 is 0. The summed E-state index contributed by atoms with van der Waals surface area (Å²) < 4.78 is 6.66. The Bertz CT molecular complexity index is 613. The predicted molar refractivity (Wildman–Crippen MR) is 64.6 cm³/mol. The summed E-state index contributed by atoms with van der Waals surface area (Å²) in [6, 6.07) is 12.4. The Balaban J connectivity index is 2.04. The molecule has 2 aromatic rings. The van der Waals surface area contributed by atoms with Gasteiger partial charge in [0.2, 0.25) is 5.78 Å². The van der Waals surface area contributed by atoms with E-state index in [-0.39, 0.29) is 11.8 Å². The molecule has 1 aliphatic rings. The van der Waals surface area contributed by atoms with Crippen LogP contribution in [0.4, 0.5) is 0 Å². The fraction of sp³-hybridized carbons (Fsp3) is 0.143. The van der Waals surface area contributed by atoms with E-state index in [0.29, 0.717) is 30.1 Å². The first kappa shape index (κ1) is 10.8. The van der Waals surface area contributed by atoms with Gasteiger partial charge >= 0.3 is 5.97 Å². The minimum atomic E-state index is -0.367. The van der Waals surface area contributed by atoms with Crippen LogP contribution in [0.5, 0.6) is 0 Å². The van der Waals surface area contributed by atoms with Gasteiger partial charge in [0, 0.05) is 5.56 Å². The minimum absolute atomic E-state index is 0.0726. The minimum Gasteiger partial charge on any atom is -0.459 e. The number of carbonyl (C=O) groups excluding carboxylic acids is 2. The van der Waals surface area contributed by atoms with Crippen LogP contribution in [-0.2, 0) is 11.3 Å². The van der Waals surface area contributed by atoms with Gasteiger partial charge in [0.25, 0.3) is 0 Å². The highest BCUT2D eigenvalue weighted by atomic mass is 16.5. The van der Waals surface area contributed by atoms with E-state index < -0.39 is 0 Å². The number of aromatic nitrogens is 1. The van der Waals surface area contributed by atoms with Crippen molar-refractivity contribution in [1.29, 1.82) is 0 Å². The molecule has 0 bridgehead atoms. The van der Waals surface area contributed by atoms with Crippen LogP contribution in [0.15, 0.2) is 42.5 Å². The average molecular weight is 241 g/mol. The number of rotatable bonds is 2. The van der Waals surface area contributed by atoms with Crippen molar-refractivity contribution in [2.75, 3.05) is 6.61 Å². The molecule has 0 atom stereocenters. The monoisotopic (exact) mass is 241 g/mol. The summed E-state index contributed by atoms with van der Waals surface area (Å²) in [7, 11) is 0. The van der Waals surface area contributed by atoms with Crippen LogP contribution >= 0.6 is 0 Å². The molecule has 4 nitrogen and oxygen atoms in total. The fourth-order valence-corrected chi connectivity index (χ4v) is 2.13. The molecule has 0 aliphatic carbocycles. The predicted octanol–water partition coefficient (Wildman–Crippen LogP) is 1.89. The molecule has 1 aromatic carbocycles. The summed E-state index contributed by atoms with van der Waals surface area (Å²) in [5, 5.41) is 0. The Morgan fingerprint density at radius 3 is 2.67 bits per heavy atom. The largest absolute Gasteiger partial charge is 0.459 e. The zero-order valence-corrected chi connectivity index (χ0v) is 9.63. The Morgan fingerprint density at radius 1 is 1.11 bits per heavy atom. The zero-order valence-electron chi connectivity index (χ0n) is 9.63. The van der Waals surface area contributed by atoms with Gasteiger partial charge in [-0.3, -0.25) is 4.79 Å². The SMILES string of the molecule is O=C1OCCn2c1ccc2C(=O)c1ccccc1. The van der Waals surface area contributed by atoms with Crippen molar-refractivity contribution in [2.45, 2.75) is 6.54 Å². The molecule has 0 saturated heterocycles. The summed E-state index contributed by atoms with van der Waals surface area (Å²) in [5.41, 5.74) is 1.60. The Kier molecular flexibility index (Phi) is 2.48. The second-order valence-corrected chi connectivity index (χ2v) is 4.09. The van der Waals surface area contributed by atoms with Crippen molar-refractivity contribution in [3.63, 3.8) is 0 Å². The van der Waals surface area contributed by atoms with E-state index in [1.165, 1.54) is 0 Å². The maximum Gasteiger partial charge on any atom is 0.355 e. The molecule has 2 heterocycles. The third-order valence-corrected chi connectivity index (χ3v) is 3.01. The smallest absolute Gasteiger partial charge is 0.355 e. The molecule has 18 heavy (non-hydrogen) atoms. The van der Waals surface area contributed by atoms with E-state index in [0.717, 1.165) is 0 Å². The number of esters is 1. The first-order chi connectivity index (χ1) is 8.77. The van der Waals surface area contributed by atoms with Gasteiger partial charge < -0.3 is 9.30 Å². The lowest BCUT2D eigenvalue weighted by molar-refractivity contribution is 0.0421. The fourth-order valence-electron chi connectivity index (χ4n) is 2.13. The van der Waals surface area contributed by atoms with E-state index in [4.69, 9.17) is 4.74 Å². The average Bonchev–Trinajstić information content (AvgIpc) is 2.84. The Labute approximate surface area is 104 Å². The van der Waals surface area contributed by atoms with Gasteiger partial charge in [0.15, 0.2) is 0 Å². The molecule has 1 aliphatic heterocycles. The number of benzene rings is 1. The van der Waals surface area contributed by atoms with Gasteiger partial charge in [-0.05, 0) is 12.1 Å². The maximum atomic E-state index is 12.3. The van der Waals surface area contributed by atoms with Crippen LogP contribution in [0.2, 0.25) is 0 Å². The number of hydrogen-bond acceptors (Lipinski definition) is 3. The Morgan fingerprint density at radius 2 is 1.89 bits per heavy atom. The highest BCUT2D eigenvalue weighted by Crippen LogP contribution is 2.18. The van der Waals surface area contributed by atoms with Crippen molar-refractivity contribution in [1.82, 2.24) is 4.57 Å². The van der Waals surface area contributed by atoms with Crippen molar-refractivity contribution in [3.8, 4) is 0 Å². The normalized spacial score (nSPS) is 13.9. The lowest BCUT2D eigenvalue weighted by Crippen LogP contribution is -2.25. The maximum absolute atomic E-state index is 12.3. The molecular weight excluding hydrogens is 230 g/mol. The number of ether oxygens (including phenoxy) is 1. The third kappa shape index (κ3) is 1.62. The molecule has 0 fully saturated rings. The number of cyclic esters (lactones) is 1. The van der Waals surface area contributed by atoms with Crippen LogP contribution < -0.4 is 0 Å². The standard InChI is InChI=1S/C14H11NO3/c16-13(10-4-2-1-3-5-10)11-6-7-12-14(17)18-9-8-15(11)12/h1-7H,8-9H2. The van der Waals surface area contributed by atoms with E-state index in [2.05, 4.69) is 0 Å². The molecule has 90 valence electrons. The summed E-state index contributed by atoms with van der Waals surface area (Å²) in [5.74, 6) is -0.440. The molecular formula is C14H11NO3. The molecule has 0 saturated carbocycles. The molecule has 0 amide bonds. The van der Waals surface area contributed by atoms with Gasteiger partial charge in [-0.2, -0.15) is 0 Å². The lowest BCUT2D eigenvalue weighted by atomic mass is 10.1. The number of nitrogens with zero attached hydrogens (tertiary/aromatic N) is 1. The van der Waals surface area contributed by atoms with E-state index in [9.17, 15) is 9.59 Å². The number of fused-ring (bicyclic) bond motifs is 1. The highest BCUT2D eigenvalue weighted by molar-refractivity contribution is 6.09. The van der Waals surface area contributed by atoms with E-state index in [1.54, 1.807) is 28.8 Å². The number of hydrogen-bond donors (Lipinski definition) is 0. The molecule has 3 rings (SSSR count). The molecule has 0 radical (unpaired) electrons. The van der Waals surface area contributed by atoms with Gasteiger partial charge in [0.05, 0.1) is 12.2 Å². The van der Waals surface area contributed by atoms with Crippen LogP contribution in [-0.4, -0.2) is 22.9 Å². The van der Waals surface area contributed by atoms with Gasteiger partial charge in [-0.15, -0.1) is 0 Å². The molecule has 1 aromatic heterocycles. The van der Waals surface area contributed by atoms with Crippen LogP contribution in [0.1, 0.15) is 26.5 Å². The van der Waals surface area contributed by atoms with Gasteiger partial charge in [-0.25, -0.2) is 4.79 Å². The number of carbonyl (C=O) groups is 2. The molecule has 0 N–H and O–H groups in total. The zero-order chi connectivity index (χ0) is 12.5. The van der Waals surface area contributed by atoms with Gasteiger partial charge in [-0.1, -0.05) is 30.3 Å². The van der Waals surface area contributed by atoms with Crippen LogP contribution in [0.25, 0.3) is 0 Å². The molecule has 0 unspecified atom stereocenters. The van der Waals surface area contributed by atoms with Crippen molar-refractivity contribution < 1.29 is 14.3 Å². The topological polar surface area (TPSA) is 48.3 Å². The summed E-state index contributed by atoms with van der Waals surface area (Å²) in [6.07, 6.45) is 0. The van der Waals surface area contributed by atoms with Crippen LogP contribution in [0, 0.1) is 0 Å². The van der Waals surface area contributed by atoms with Gasteiger partial charge in [0.1, 0.15) is 12.3 Å². The van der Waals surface area contributed by atoms with Crippen molar-refractivity contribution >= 4 is 11.8 Å². The molecule has 0 spiro atoms.